The molecule has 10 heteroatoms. The molecule has 4 aromatic carbocycles. The fourth-order valence-electron chi connectivity index (χ4n) is 4.92. The Kier molecular flexibility index (Phi) is 11.0. The number of nitrogens with zero attached hydrogens (tertiary/aromatic N) is 2. The van der Waals surface area contributed by atoms with E-state index in [-0.39, 0.29) is 23.8 Å². The second-order valence-electron chi connectivity index (χ2n) is 11.8. The van der Waals surface area contributed by atoms with Crippen molar-refractivity contribution < 1.29 is 18.0 Å². The van der Waals surface area contributed by atoms with Crippen LogP contribution in [0.25, 0.3) is 0 Å². The third kappa shape index (κ3) is 8.87. The summed E-state index contributed by atoms with van der Waals surface area (Å²) in [5.74, 6) is -0.952. The van der Waals surface area contributed by atoms with Gasteiger partial charge in [0.15, 0.2) is 0 Å². The lowest BCUT2D eigenvalue weighted by molar-refractivity contribution is -0.140. The van der Waals surface area contributed by atoms with Crippen LogP contribution in [0.4, 0.5) is 5.69 Å². The molecule has 7 nitrogen and oxygen atoms in total. The van der Waals surface area contributed by atoms with Crippen LogP contribution in [0, 0.1) is 6.92 Å². The summed E-state index contributed by atoms with van der Waals surface area (Å²) < 4.78 is 29.3. The fourth-order valence-corrected chi connectivity index (χ4v) is 6.88. The van der Waals surface area contributed by atoms with Gasteiger partial charge in [0, 0.05) is 28.5 Å². The van der Waals surface area contributed by atoms with Crippen molar-refractivity contribution in [3.05, 3.63) is 130 Å². The van der Waals surface area contributed by atoms with Crippen LogP contribution in [0.2, 0.25) is 10.0 Å². The molecule has 0 fully saturated rings. The maximum atomic E-state index is 14.6. The van der Waals surface area contributed by atoms with Crippen LogP contribution in [0.1, 0.15) is 37.5 Å². The number of sulfonamides is 1. The molecule has 236 valence electrons. The van der Waals surface area contributed by atoms with Crippen molar-refractivity contribution in [2.45, 2.75) is 57.1 Å². The number of hydrogen-bond acceptors (Lipinski definition) is 4. The smallest absolute Gasteiger partial charge is 0.264 e. The number of para-hydroxylation sites is 1. The molecule has 45 heavy (non-hydrogen) atoms. The van der Waals surface area contributed by atoms with Crippen LogP contribution in [-0.4, -0.2) is 43.3 Å². The molecule has 1 N–H and O–H groups in total. The second-order valence-corrected chi connectivity index (χ2v) is 14.5. The normalized spacial score (nSPS) is 12.3. The highest BCUT2D eigenvalue weighted by Crippen LogP contribution is 2.29. The first-order valence-corrected chi connectivity index (χ1v) is 16.7. The van der Waals surface area contributed by atoms with E-state index in [1.807, 2.05) is 51.1 Å². The van der Waals surface area contributed by atoms with Gasteiger partial charge < -0.3 is 10.2 Å². The lowest BCUT2D eigenvalue weighted by atomic mass is 10.0. The van der Waals surface area contributed by atoms with Gasteiger partial charge in [-0.05, 0) is 74.7 Å². The summed E-state index contributed by atoms with van der Waals surface area (Å²) in [6, 6.07) is 28.2. The van der Waals surface area contributed by atoms with Gasteiger partial charge >= 0.3 is 0 Å². The van der Waals surface area contributed by atoms with Gasteiger partial charge in [-0.3, -0.25) is 13.9 Å². The van der Waals surface area contributed by atoms with Gasteiger partial charge in [-0.1, -0.05) is 96.0 Å². The van der Waals surface area contributed by atoms with Gasteiger partial charge in [0.2, 0.25) is 11.8 Å². The van der Waals surface area contributed by atoms with E-state index >= 15 is 0 Å². The van der Waals surface area contributed by atoms with Crippen molar-refractivity contribution in [3.8, 4) is 0 Å². The third-order valence-corrected chi connectivity index (χ3v) is 9.48. The largest absolute Gasteiger partial charge is 0.350 e. The van der Waals surface area contributed by atoms with E-state index in [0.717, 1.165) is 9.87 Å². The summed E-state index contributed by atoms with van der Waals surface area (Å²) in [6.07, 6.45) is 0.190. The van der Waals surface area contributed by atoms with Crippen LogP contribution >= 0.6 is 23.2 Å². The van der Waals surface area contributed by atoms with Gasteiger partial charge in [-0.25, -0.2) is 8.42 Å². The SMILES string of the molecule is Cc1ccccc1N(CC(=O)N(Cc1ccc(Cl)cc1Cl)[C@@H](Cc1ccccc1)C(=O)NC(C)(C)C)S(=O)(=O)c1ccccc1. The van der Waals surface area contributed by atoms with Crippen LogP contribution < -0.4 is 9.62 Å². The van der Waals surface area contributed by atoms with Gasteiger partial charge in [0.05, 0.1) is 10.6 Å². The Morgan fingerprint density at radius 2 is 1.44 bits per heavy atom. The molecule has 4 rings (SSSR count). The molecule has 1 atom stereocenters. The molecule has 0 aliphatic rings. The van der Waals surface area contributed by atoms with Crippen LogP contribution in [0.15, 0.2) is 108 Å². The highest BCUT2D eigenvalue weighted by atomic mass is 35.5. The predicted molar refractivity (Wildman–Crippen MR) is 181 cm³/mol. The van der Waals surface area contributed by atoms with Crippen LogP contribution in [0.5, 0.6) is 0 Å². The maximum Gasteiger partial charge on any atom is 0.264 e. The molecule has 0 spiro atoms. The van der Waals surface area contributed by atoms with E-state index in [2.05, 4.69) is 5.32 Å². The Morgan fingerprint density at radius 1 is 0.844 bits per heavy atom. The molecular formula is C35H37Cl2N3O4S. The number of halogens is 2. The summed E-state index contributed by atoms with van der Waals surface area (Å²) in [6.45, 7) is 6.75. The minimum absolute atomic E-state index is 0.0414. The summed E-state index contributed by atoms with van der Waals surface area (Å²) in [5.41, 5.74) is 1.83. The molecule has 4 aromatic rings. The van der Waals surface area contributed by atoms with E-state index in [4.69, 9.17) is 23.2 Å². The molecule has 0 radical (unpaired) electrons. The van der Waals surface area contributed by atoms with Crippen molar-refractivity contribution in [1.29, 1.82) is 0 Å². The zero-order valence-electron chi connectivity index (χ0n) is 25.7. The first kappa shape index (κ1) is 34.0. The lowest BCUT2D eigenvalue weighted by Crippen LogP contribution is -2.56. The van der Waals surface area contributed by atoms with Crippen molar-refractivity contribution in [1.82, 2.24) is 10.2 Å². The zero-order chi connectivity index (χ0) is 32.8. The van der Waals surface area contributed by atoms with Gasteiger partial charge in [-0.2, -0.15) is 0 Å². The number of benzene rings is 4. The standard InChI is InChI=1S/C35H37Cl2N3O4S/c1-25-13-11-12-18-31(25)40(45(43,44)29-16-9-6-10-17-29)24-33(41)39(23-27-19-20-28(36)22-30(27)37)32(34(42)38-35(2,3)4)21-26-14-7-5-8-15-26/h5-20,22,32H,21,23-24H2,1-4H3,(H,38,42)/t32-/m0/s1. The van der Waals surface area contributed by atoms with E-state index in [9.17, 15) is 18.0 Å². The molecular weight excluding hydrogens is 629 g/mol. The van der Waals surface area contributed by atoms with Gasteiger partial charge in [0.25, 0.3) is 10.0 Å². The fraction of sp³-hybridized carbons (Fsp3) is 0.257. The van der Waals surface area contributed by atoms with E-state index in [1.165, 1.54) is 17.0 Å². The number of aryl methyl sites for hydroxylation is 1. The van der Waals surface area contributed by atoms with Crippen molar-refractivity contribution >= 4 is 50.7 Å². The van der Waals surface area contributed by atoms with Gasteiger partial charge in [0.1, 0.15) is 12.6 Å². The first-order valence-electron chi connectivity index (χ1n) is 14.5. The average Bonchev–Trinajstić information content (AvgIpc) is 2.99. The molecule has 2 amide bonds. The lowest BCUT2D eigenvalue weighted by Gasteiger charge is -2.35. The number of carbonyl (C=O) groups is 2. The Hall–Kier alpha value is -3.85. The number of anilines is 1. The Bertz CT molecular complexity index is 1740. The molecule has 0 saturated heterocycles. The van der Waals surface area contributed by atoms with Crippen molar-refractivity contribution in [3.63, 3.8) is 0 Å². The monoisotopic (exact) mass is 665 g/mol. The second kappa shape index (κ2) is 14.5. The van der Waals surface area contributed by atoms with Crippen LogP contribution in [-0.2, 0) is 32.6 Å². The number of rotatable bonds is 11. The molecule has 0 aliphatic carbocycles. The zero-order valence-corrected chi connectivity index (χ0v) is 28.0. The van der Waals surface area contributed by atoms with Gasteiger partial charge in [-0.15, -0.1) is 0 Å². The highest BCUT2D eigenvalue weighted by Gasteiger charge is 2.36. The number of amides is 2. The molecule has 0 bridgehead atoms. The number of nitrogens with one attached hydrogen (secondary N) is 1. The van der Waals surface area contributed by atoms with E-state index in [0.29, 0.717) is 26.9 Å². The molecule has 0 heterocycles. The molecule has 0 aliphatic heterocycles. The summed E-state index contributed by atoms with van der Waals surface area (Å²) >= 11 is 12.7. The molecule has 0 aromatic heterocycles. The summed E-state index contributed by atoms with van der Waals surface area (Å²) in [5, 5.41) is 3.76. The summed E-state index contributed by atoms with van der Waals surface area (Å²) in [4.78, 5) is 30.0. The average molecular weight is 667 g/mol. The Balaban J connectivity index is 1.84. The summed E-state index contributed by atoms with van der Waals surface area (Å²) in [7, 11) is -4.18. The Morgan fingerprint density at radius 3 is 2.04 bits per heavy atom. The quantitative estimate of drug-likeness (QED) is 0.186. The molecule has 0 saturated carbocycles. The minimum Gasteiger partial charge on any atom is -0.350 e. The number of hydrogen-bond donors (Lipinski definition) is 1. The van der Waals surface area contributed by atoms with Crippen LogP contribution in [0.3, 0.4) is 0 Å². The van der Waals surface area contributed by atoms with E-state index < -0.39 is 34.1 Å². The minimum atomic E-state index is -4.18. The third-order valence-electron chi connectivity index (χ3n) is 7.12. The topological polar surface area (TPSA) is 86.8 Å². The highest BCUT2D eigenvalue weighted by molar-refractivity contribution is 7.92. The number of carbonyl (C=O) groups excluding carboxylic acids is 2. The Labute approximate surface area is 275 Å². The molecule has 0 unspecified atom stereocenters. The first-order chi connectivity index (χ1) is 21.3. The predicted octanol–water partition coefficient (Wildman–Crippen LogP) is 7.05. The van der Waals surface area contributed by atoms with E-state index in [1.54, 1.807) is 67.6 Å². The van der Waals surface area contributed by atoms with Crippen molar-refractivity contribution in [2.75, 3.05) is 10.8 Å². The maximum absolute atomic E-state index is 14.6. The van der Waals surface area contributed by atoms with Crippen molar-refractivity contribution in [2.24, 2.45) is 0 Å².